The first-order valence-corrected chi connectivity index (χ1v) is 10.6. The van der Waals surface area contributed by atoms with Crippen LogP contribution in [0.5, 0.6) is 0 Å². The molecule has 0 saturated carbocycles. The SMILES string of the molecule is C#CC[C@H](C)C(=O)OC(C)(C)C.CCOC(=O)c1cc(C[C@H](C)C(=O)OC(C)(C)C)on1. The van der Waals surface area contributed by atoms with Crippen molar-refractivity contribution >= 4 is 17.9 Å². The van der Waals surface area contributed by atoms with Crippen molar-refractivity contribution in [3.05, 3.63) is 17.5 Å². The average molecular weight is 452 g/mol. The molecule has 0 amide bonds. The molecule has 32 heavy (non-hydrogen) atoms. The molecule has 0 aliphatic rings. The number of ether oxygens (including phenoxy) is 3. The number of terminal acetylenes is 1. The van der Waals surface area contributed by atoms with Gasteiger partial charge in [0, 0.05) is 18.9 Å². The Hall–Kier alpha value is -2.82. The lowest BCUT2D eigenvalue weighted by molar-refractivity contribution is -0.160. The van der Waals surface area contributed by atoms with E-state index in [1.165, 1.54) is 6.07 Å². The Labute approximate surface area is 191 Å². The Morgan fingerprint density at radius 1 is 1.03 bits per heavy atom. The minimum Gasteiger partial charge on any atom is -0.461 e. The van der Waals surface area contributed by atoms with Gasteiger partial charge in [-0.25, -0.2) is 4.79 Å². The van der Waals surface area contributed by atoms with Crippen LogP contribution >= 0.6 is 0 Å². The molecular weight excluding hydrogens is 414 g/mol. The number of carbonyl (C=O) groups is 3. The summed E-state index contributed by atoms with van der Waals surface area (Å²) in [5.74, 6) is 1.24. The first-order valence-electron chi connectivity index (χ1n) is 10.6. The second-order valence-electron chi connectivity index (χ2n) is 9.38. The van der Waals surface area contributed by atoms with Gasteiger partial charge in [-0.2, -0.15) is 0 Å². The Morgan fingerprint density at radius 2 is 1.53 bits per heavy atom. The average Bonchev–Trinajstić information content (AvgIpc) is 3.08. The standard InChI is InChI=1S/C14H21NO5.C10H16O2/c1-6-18-13(17)11-8-10(20-15-11)7-9(2)12(16)19-14(3,4)5;1-6-7-8(2)9(11)12-10(3,4)5/h8-9H,6-7H2,1-5H3;1,8H,7H2,2-5H3/t9-;8-/m00/s1. The largest absolute Gasteiger partial charge is 0.461 e. The predicted octanol–water partition coefficient (Wildman–Crippen LogP) is 4.36. The van der Waals surface area contributed by atoms with Gasteiger partial charge in [0.25, 0.3) is 0 Å². The fourth-order valence-electron chi connectivity index (χ4n) is 2.16. The van der Waals surface area contributed by atoms with E-state index < -0.39 is 17.2 Å². The Bertz CT molecular complexity index is 790. The molecule has 2 atom stereocenters. The molecule has 0 N–H and O–H groups in total. The number of hydrogen-bond acceptors (Lipinski definition) is 8. The molecule has 1 aromatic rings. The molecule has 0 aromatic carbocycles. The van der Waals surface area contributed by atoms with E-state index in [4.69, 9.17) is 25.2 Å². The number of carbonyl (C=O) groups excluding carboxylic acids is 3. The van der Waals surface area contributed by atoms with Crippen LogP contribution in [0, 0.1) is 24.2 Å². The van der Waals surface area contributed by atoms with Crippen LogP contribution in [0.4, 0.5) is 0 Å². The molecule has 0 aliphatic carbocycles. The van der Waals surface area contributed by atoms with Gasteiger partial charge in [-0.15, -0.1) is 12.3 Å². The maximum atomic E-state index is 11.8. The number of rotatable bonds is 7. The number of hydrogen-bond donors (Lipinski definition) is 0. The highest BCUT2D eigenvalue weighted by Crippen LogP contribution is 2.16. The summed E-state index contributed by atoms with van der Waals surface area (Å²) in [5, 5.41) is 3.62. The highest BCUT2D eigenvalue weighted by atomic mass is 16.6. The predicted molar refractivity (Wildman–Crippen MR) is 120 cm³/mol. The highest BCUT2D eigenvalue weighted by molar-refractivity contribution is 5.87. The van der Waals surface area contributed by atoms with Gasteiger partial charge in [0.15, 0.2) is 5.69 Å². The van der Waals surface area contributed by atoms with Crippen molar-refractivity contribution in [3.63, 3.8) is 0 Å². The fourth-order valence-corrected chi connectivity index (χ4v) is 2.16. The van der Waals surface area contributed by atoms with Crippen molar-refractivity contribution in [3.8, 4) is 12.3 Å². The van der Waals surface area contributed by atoms with Crippen LogP contribution in [0.2, 0.25) is 0 Å². The minimum absolute atomic E-state index is 0.109. The van der Waals surface area contributed by atoms with Crippen molar-refractivity contribution in [2.75, 3.05) is 6.61 Å². The monoisotopic (exact) mass is 451 g/mol. The summed E-state index contributed by atoms with van der Waals surface area (Å²) in [6, 6.07) is 1.48. The molecule has 0 unspecified atom stereocenters. The molecule has 1 heterocycles. The third-order valence-corrected chi connectivity index (χ3v) is 3.59. The van der Waals surface area contributed by atoms with Gasteiger partial charge in [-0.05, 0) is 48.5 Å². The zero-order valence-electron chi connectivity index (χ0n) is 20.7. The van der Waals surface area contributed by atoms with Crippen molar-refractivity contribution < 1.29 is 33.1 Å². The zero-order valence-corrected chi connectivity index (χ0v) is 20.7. The van der Waals surface area contributed by atoms with Crippen LogP contribution in [-0.2, 0) is 30.2 Å². The maximum absolute atomic E-state index is 11.8. The van der Waals surface area contributed by atoms with Crippen LogP contribution in [0.3, 0.4) is 0 Å². The fraction of sp³-hybridized carbons (Fsp3) is 0.667. The Kier molecular flexibility index (Phi) is 11.8. The number of nitrogens with zero attached hydrogens (tertiary/aromatic N) is 1. The third-order valence-electron chi connectivity index (χ3n) is 3.59. The smallest absolute Gasteiger partial charge is 0.360 e. The normalized spacial score (nSPS) is 13.0. The van der Waals surface area contributed by atoms with E-state index in [-0.39, 0.29) is 36.1 Å². The zero-order chi connectivity index (χ0) is 25.1. The van der Waals surface area contributed by atoms with Crippen LogP contribution < -0.4 is 0 Å². The first kappa shape index (κ1) is 29.2. The summed E-state index contributed by atoms with van der Waals surface area (Å²) in [4.78, 5) is 34.5. The number of aromatic nitrogens is 1. The van der Waals surface area contributed by atoms with E-state index >= 15 is 0 Å². The Balaban J connectivity index is 0.000000687. The van der Waals surface area contributed by atoms with Crippen LogP contribution in [-0.4, -0.2) is 40.9 Å². The second kappa shape index (κ2) is 12.9. The number of esters is 3. The summed E-state index contributed by atoms with van der Waals surface area (Å²) in [5.41, 5.74) is -0.832. The molecule has 0 aliphatic heterocycles. The molecule has 8 nitrogen and oxygen atoms in total. The van der Waals surface area contributed by atoms with E-state index in [1.54, 1.807) is 20.8 Å². The quantitative estimate of drug-likeness (QED) is 0.342. The summed E-state index contributed by atoms with van der Waals surface area (Å²) >= 11 is 0. The molecule has 0 saturated heterocycles. The van der Waals surface area contributed by atoms with E-state index in [0.717, 1.165) is 0 Å². The molecular formula is C24H37NO7. The van der Waals surface area contributed by atoms with Crippen LogP contribution in [0.25, 0.3) is 0 Å². The molecule has 1 rings (SSSR count). The van der Waals surface area contributed by atoms with Gasteiger partial charge in [0.05, 0.1) is 18.4 Å². The summed E-state index contributed by atoms with van der Waals surface area (Å²) < 4.78 is 20.2. The van der Waals surface area contributed by atoms with Gasteiger partial charge in [-0.1, -0.05) is 19.0 Å². The molecule has 0 radical (unpaired) electrons. The van der Waals surface area contributed by atoms with Gasteiger partial charge in [-0.3, -0.25) is 9.59 Å². The topological polar surface area (TPSA) is 105 Å². The van der Waals surface area contributed by atoms with Crippen molar-refractivity contribution in [2.24, 2.45) is 11.8 Å². The van der Waals surface area contributed by atoms with Crippen molar-refractivity contribution in [1.82, 2.24) is 5.16 Å². The lowest BCUT2D eigenvalue weighted by Crippen LogP contribution is -2.28. The molecule has 0 fully saturated rings. The van der Waals surface area contributed by atoms with Crippen LogP contribution in [0.15, 0.2) is 10.6 Å². The van der Waals surface area contributed by atoms with E-state index in [2.05, 4.69) is 11.1 Å². The van der Waals surface area contributed by atoms with Gasteiger partial charge < -0.3 is 18.7 Å². The van der Waals surface area contributed by atoms with Gasteiger partial charge >= 0.3 is 17.9 Å². The maximum Gasteiger partial charge on any atom is 0.360 e. The first-order chi connectivity index (χ1) is 14.6. The van der Waals surface area contributed by atoms with E-state index in [0.29, 0.717) is 18.6 Å². The van der Waals surface area contributed by atoms with E-state index in [9.17, 15) is 14.4 Å². The van der Waals surface area contributed by atoms with Crippen molar-refractivity contribution in [2.45, 2.75) is 86.4 Å². The lowest BCUT2D eigenvalue weighted by atomic mass is 10.1. The van der Waals surface area contributed by atoms with Crippen LogP contribution in [0.1, 0.15) is 85.0 Å². The molecule has 8 heteroatoms. The minimum atomic E-state index is -0.535. The Morgan fingerprint density at radius 3 is 1.97 bits per heavy atom. The summed E-state index contributed by atoms with van der Waals surface area (Å²) in [7, 11) is 0. The molecule has 0 bridgehead atoms. The third kappa shape index (κ3) is 12.8. The molecule has 1 aromatic heterocycles. The van der Waals surface area contributed by atoms with Gasteiger partial charge in [0.2, 0.25) is 0 Å². The van der Waals surface area contributed by atoms with Crippen molar-refractivity contribution in [1.29, 1.82) is 0 Å². The summed E-state index contributed by atoms with van der Waals surface area (Å²) in [6.07, 6.45) is 5.83. The lowest BCUT2D eigenvalue weighted by Gasteiger charge is -2.21. The highest BCUT2D eigenvalue weighted by Gasteiger charge is 2.24. The summed E-state index contributed by atoms with van der Waals surface area (Å²) in [6.45, 7) is 16.4. The molecule has 180 valence electrons. The van der Waals surface area contributed by atoms with E-state index in [1.807, 2.05) is 41.5 Å². The molecule has 0 spiro atoms. The second-order valence-corrected chi connectivity index (χ2v) is 9.38. The van der Waals surface area contributed by atoms with Gasteiger partial charge in [0.1, 0.15) is 17.0 Å².